The van der Waals surface area contributed by atoms with Gasteiger partial charge < -0.3 is 50.5 Å². The van der Waals surface area contributed by atoms with E-state index in [4.69, 9.17) is 9.47 Å². The predicted molar refractivity (Wildman–Crippen MR) is 247 cm³/mol. The molecule has 0 bridgehead atoms. The summed E-state index contributed by atoms with van der Waals surface area (Å²) >= 11 is 0. The van der Waals surface area contributed by atoms with Crippen molar-refractivity contribution >= 4 is 5.91 Å². The first-order chi connectivity index (χ1) is 29.7. The molecule has 1 aliphatic heterocycles. The van der Waals surface area contributed by atoms with Crippen LogP contribution in [-0.4, -0.2) is 110 Å². The number of rotatable bonds is 43. The Hall–Kier alpha value is -1.15. The maximum atomic E-state index is 13.1. The Morgan fingerprint density at radius 3 is 1.41 bits per heavy atom. The number of unbranched alkanes of at least 4 members (excludes halogenated alkanes) is 29. The molecular formula is C50H97NO10. The number of hydrogen-bond donors (Lipinski definition) is 8. The maximum absolute atomic E-state index is 13.1. The Morgan fingerprint density at radius 1 is 0.557 bits per heavy atom. The fourth-order valence-corrected chi connectivity index (χ4v) is 8.32. The van der Waals surface area contributed by atoms with Crippen molar-refractivity contribution < 1.29 is 50.0 Å². The lowest BCUT2D eigenvalue weighted by atomic mass is 9.98. The lowest BCUT2D eigenvalue weighted by molar-refractivity contribution is -0.303. The Balaban J connectivity index is 2.41. The first-order valence-electron chi connectivity index (χ1n) is 25.6. The molecule has 1 aliphatic rings. The summed E-state index contributed by atoms with van der Waals surface area (Å²) in [5.74, 6) is -0.703. The minimum absolute atomic E-state index is 0.259. The van der Waals surface area contributed by atoms with Crippen LogP contribution in [0.3, 0.4) is 0 Å². The molecule has 1 rings (SSSR count). The van der Waals surface area contributed by atoms with Gasteiger partial charge in [-0.25, -0.2) is 0 Å². The summed E-state index contributed by atoms with van der Waals surface area (Å²) in [7, 11) is 0. The number of carbonyl (C=O) groups is 1. The fraction of sp³-hybridized carbons (Fsp3) is 0.940. The largest absolute Gasteiger partial charge is 0.394 e. The zero-order valence-electron chi connectivity index (χ0n) is 39.2. The van der Waals surface area contributed by atoms with Gasteiger partial charge in [-0.05, 0) is 38.5 Å². The molecule has 1 saturated heterocycles. The maximum Gasteiger partial charge on any atom is 0.249 e. The van der Waals surface area contributed by atoms with E-state index in [-0.39, 0.29) is 12.8 Å². The van der Waals surface area contributed by atoms with Crippen LogP contribution in [0.4, 0.5) is 0 Å². The van der Waals surface area contributed by atoms with E-state index >= 15 is 0 Å². The molecule has 362 valence electrons. The molecular weight excluding hydrogens is 775 g/mol. The number of amides is 1. The summed E-state index contributed by atoms with van der Waals surface area (Å²) < 4.78 is 11.1. The molecule has 1 heterocycles. The normalized spacial score (nSPS) is 21.5. The van der Waals surface area contributed by atoms with E-state index in [0.29, 0.717) is 12.8 Å². The zero-order chi connectivity index (χ0) is 44.8. The van der Waals surface area contributed by atoms with Crippen LogP contribution >= 0.6 is 0 Å². The van der Waals surface area contributed by atoms with Crippen molar-refractivity contribution in [1.29, 1.82) is 0 Å². The molecule has 0 radical (unpaired) electrons. The van der Waals surface area contributed by atoms with Crippen LogP contribution in [-0.2, 0) is 14.3 Å². The Bertz CT molecular complexity index is 1000. The lowest BCUT2D eigenvalue weighted by Crippen LogP contribution is -2.60. The second-order valence-electron chi connectivity index (χ2n) is 18.2. The van der Waals surface area contributed by atoms with E-state index in [1.54, 1.807) is 0 Å². The van der Waals surface area contributed by atoms with Gasteiger partial charge in [0.1, 0.15) is 36.6 Å². The van der Waals surface area contributed by atoms with Gasteiger partial charge in [0.25, 0.3) is 0 Å². The predicted octanol–water partition coefficient (Wildman–Crippen LogP) is 9.23. The molecule has 1 amide bonds. The highest BCUT2D eigenvalue weighted by molar-refractivity contribution is 5.80. The molecule has 0 spiro atoms. The van der Waals surface area contributed by atoms with Crippen LogP contribution in [0.5, 0.6) is 0 Å². The molecule has 0 aromatic heterocycles. The van der Waals surface area contributed by atoms with E-state index < -0.39 is 74.2 Å². The molecule has 8 N–H and O–H groups in total. The standard InChI is InChI=1S/C50H97NO10/c1-3-5-7-9-11-13-15-17-19-21-22-24-26-28-30-32-34-36-38-43(54)49(59)51-41(40-60-50-48(58)47(57)46(56)44(39-52)61-50)45(55)42(53)37-35-33-31-29-27-25-23-20-18-16-14-12-10-8-6-4-2/h29,31,41-48,50,52-58H,3-28,30,32-40H2,1-2H3,(H,51,59)/b31-29+. The van der Waals surface area contributed by atoms with Crippen molar-refractivity contribution in [3.8, 4) is 0 Å². The van der Waals surface area contributed by atoms with Gasteiger partial charge in [0.2, 0.25) is 5.91 Å². The Morgan fingerprint density at radius 2 is 0.967 bits per heavy atom. The highest BCUT2D eigenvalue weighted by atomic mass is 16.7. The van der Waals surface area contributed by atoms with Crippen LogP contribution in [0.2, 0.25) is 0 Å². The molecule has 0 saturated carbocycles. The monoisotopic (exact) mass is 872 g/mol. The molecule has 9 unspecified atom stereocenters. The minimum Gasteiger partial charge on any atom is -0.394 e. The number of allylic oxidation sites excluding steroid dienone is 2. The average Bonchev–Trinajstić information content (AvgIpc) is 3.26. The SMILES string of the molecule is CCCCCCCCCCCCC/C=C/CCCC(O)C(O)C(COC1OC(CO)C(O)C(O)C1O)NC(=O)C(O)CCCCCCCCCCCCCCCCCCCC. The van der Waals surface area contributed by atoms with E-state index in [2.05, 4.69) is 31.3 Å². The van der Waals surface area contributed by atoms with Crippen LogP contribution in [0.25, 0.3) is 0 Å². The van der Waals surface area contributed by atoms with Gasteiger partial charge in [0.15, 0.2) is 6.29 Å². The summed E-state index contributed by atoms with van der Waals surface area (Å²) in [6.45, 7) is 3.45. The third kappa shape index (κ3) is 29.8. The summed E-state index contributed by atoms with van der Waals surface area (Å²) in [5.41, 5.74) is 0. The van der Waals surface area contributed by atoms with Crippen molar-refractivity contribution in [3.63, 3.8) is 0 Å². The molecule has 0 aliphatic carbocycles. The average molecular weight is 872 g/mol. The first-order valence-corrected chi connectivity index (χ1v) is 25.6. The number of aliphatic hydroxyl groups is 7. The van der Waals surface area contributed by atoms with Gasteiger partial charge >= 0.3 is 0 Å². The van der Waals surface area contributed by atoms with Crippen molar-refractivity contribution in [3.05, 3.63) is 12.2 Å². The third-order valence-corrected chi connectivity index (χ3v) is 12.6. The topological polar surface area (TPSA) is 189 Å². The number of hydrogen-bond acceptors (Lipinski definition) is 10. The highest BCUT2D eigenvalue weighted by Gasteiger charge is 2.44. The molecule has 0 aromatic carbocycles. The fourth-order valence-electron chi connectivity index (χ4n) is 8.32. The van der Waals surface area contributed by atoms with Crippen molar-refractivity contribution in [2.75, 3.05) is 13.2 Å². The van der Waals surface area contributed by atoms with E-state index in [1.165, 1.54) is 154 Å². The van der Waals surface area contributed by atoms with Crippen LogP contribution in [0, 0.1) is 0 Å². The van der Waals surface area contributed by atoms with Gasteiger partial charge in [-0.1, -0.05) is 206 Å². The quantitative estimate of drug-likeness (QED) is 0.0217. The smallest absolute Gasteiger partial charge is 0.249 e. The van der Waals surface area contributed by atoms with Gasteiger partial charge in [-0.2, -0.15) is 0 Å². The second-order valence-corrected chi connectivity index (χ2v) is 18.2. The third-order valence-electron chi connectivity index (χ3n) is 12.6. The highest BCUT2D eigenvalue weighted by Crippen LogP contribution is 2.23. The Kier molecular flexibility index (Phi) is 38.3. The lowest BCUT2D eigenvalue weighted by Gasteiger charge is -2.40. The van der Waals surface area contributed by atoms with Crippen LogP contribution in [0.15, 0.2) is 12.2 Å². The molecule has 9 atom stereocenters. The number of carbonyl (C=O) groups excluding carboxylic acids is 1. The molecule has 11 heteroatoms. The van der Waals surface area contributed by atoms with Crippen LogP contribution < -0.4 is 5.32 Å². The summed E-state index contributed by atoms with van der Waals surface area (Å²) in [6.07, 6.45) is 32.6. The van der Waals surface area contributed by atoms with E-state index in [1.807, 2.05) is 0 Å². The molecule has 11 nitrogen and oxygen atoms in total. The zero-order valence-corrected chi connectivity index (χ0v) is 39.2. The van der Waals surface area contributed by atoms with Gasteiger partial charge in [-0.3, -0.25) is 4.79 Å². The number of nitrogens with one attached hydrogen (secondary N) is 1. The number of ether oxygens (including phenoxy) is 2. The molecule has 1 fully saturated rings. The van der Waals surface area contributed by atoms with Crippen molar-refractivity contribution in [2.24, 2.45) is 0 Å². The Labute approximate surface area is 372 Å². The summed E-state index contributed by atoms with van der Waals surface area (Å²) in [6, 6.07) is -1.18. The van der Waals surface area contributed by atoms with E-state index in [0.717, 1.165) is 38.5 Å². The molecule has 0 aromatic rings. The molecule has 61 heavy (non-hydrogen) atoms. The minimum atomic E-state index is -1.66. The van der Waals surface area contributed by atoms with E-state index in [9.17, 15) is 40.5 Å². The summed E-state index contributed by atoms with van der Waals surface area (Å²) in [4.78, 5) is 13.1. The summed E-state index contributed by atoms with van der Waals surface area (Å²) in [5, 5.41) is 75.8. The van der Waals surface area contributed by atoms with Gasteiger partial charge in [0, 0.05) is 0 Å². The number of aliphatic hydroxyl groups excluding tert-OH is 7. The van der Waals surface area contributed by atoms with Crippen LogP contribution in [0.1, 0.15) is 232 Å². The van der Waals surface area contributed by atoms with Crippen molar-refractivity contribution in [2.45, 2.75) is 287 Å². The second kappa shape index (κ2) is 40.4. The van der Waals surface area contributed by atoms with Gasteiger partial charge in [-0.15, -0.1) is 0 Å². The first kappa shape index (κ1) is 57.9. The van der Waals surface area contributed by atoms with Gasteiger partial charge in [0.05, 0.1) is 25.4 Å². The van der Waals surface area contributed by atoms with Crippen molar-refractivity contribution in [1.82, 2.24) is 5.32 Å².